The van der Waals surface area contributed by atoms with Gasteiger partial charge in [-0.25, -0.2) is 0 Å². The molecule has 1 aliphatic heterocycles. The van der Waals surface area contributed by atoms with Crippen molar-refractivity contribution in [1.82, 2.24) is 10.6 Å². The fourth-order valence-electron chi connectivity index (χ4n) is 2.77. The Labute approximate surface area is 118 Å². The van der Waals surface area contributed by atoms with E-state index in [-0.39, 0.29) is 5.41 Å². The third-order valence-electron chi connectivity index (χ3n) is 4.31. The summed E-state index contributed by atoms with van der Waals surface area (Å²) in [6.07, 6.45) is 2.44. The van der Waals surface area contributed by atoms with Crippen molar-refractivity contribution in [2.75, 3.05) is 26.2 Å². The smallest absolute Gasteiger partial charge is 0.00433 e. The van der Waals surface area contributed by atoms with Crippen LogP contribution >= 0.6 is 0 Å². The molecule has 1 aromatic rings. The summed E-state index contributed by atoms with van der Waals surface area (Å²) in [6, 6.07) is 9.10. The van der Waals surface area contributed by atoms with Crippen molar-refractivity contribution < 1.29 is 0 Å². The second-order valence-corrected chi connectivity index (χ2v) is 6.42. The van der Waals surface area contributed by atoms with Crippen molar-refractivity contribution in [2.45, 2.75) is 39.0 Å². The van der Waals surface area contributed by atoms with Crippen molar-refractivity contribution in [2.24, 2.45) is 5.92 Å². The molecular weight excluding hydrogens is 232 g/mol. The molecule has 19 heavy (non-hydrogen) atoms. The molecule has 1 heterocycles. The molecule has 1 unspecified atom stereocenters. The highest BCUT2D eigenvalue weighted by molar-refractivity contribution is 5.28. The van der Waals surface area contributed by atoms with Gasteiger partial charge in [-0.15, -0.1) is 0 Å². The molecule has 2 nitrogen and oxygen atoms in total. The molecule has 2 heteroatoms. The van der Waals surface area contributed by atoms with Gasteiger partial charge in [0.25, 0.3) is 0 Å². The predicted molar refractivity (Wildman–Crippen MR) is 82.7 cm³/mol. The average Bonchev–Trinajstić information content (AvgIpc) is 2.92. The highest BCUT2D eigenvalue weighted by Gasteiger charge is 2.21. The quantitative estimate of drug-likeness (QED) is 0.822. The molecule has 0 aromatic heterocycles. The lowest BCUT2D eigenvalue weighted by atomic mass is 9.84. The van der Waals surface area contributed by atoms with E-state index in [1.54, 1.807) is 0 Å². The van der Waals surface area contributed by atoms with Crippen LogP contribution in [0.1, 0.15) is 38.3 Å². The predicted octanol–water partition coefficient (Wildman–Crippen LogP) is 2.73. The SMILES string of the molecule is CCc1ccc(C(C)(C)CNCC2CCNC2)cc1. The van der Waals surface area contributed by atoms with Crippen LogP contribution in [0.2, 0.25) is 0 Å². The molecule has 0 saturated carbocycles. The van der Waals surface area contributed by atoms with E-state index in [4.69, 9.17) is 0 Å². The van der Waals surface area contributed by atoms with Gasteiger partial charge in [-0.05, 0) is 49.5 Å². The fraction of sp³-hybridized carbons (Fsp3) is 0.647. The monoisotopic (exact) mass is 260 g/mol. The number of nitrogens with one attached hydrogen (secondary N) is 2. The van der Waals surface area contributed by atoms with Crippen LogP contribution in [-0.2, 0) is 11.8 Å². The first-order valence-corrected chi connectivity index (χ1v) is 7.62. The Balaban J connectivity index is 1.85. The lowest BCUT2D eigenvalue weighted by Gasteiger charge is -2.27. The maximum Gasteiger partial charge on any atom is 0.00433 e. The summed E-state index contributed by atoms with van der Waals surface area (Å²) >= 11 is 0. The molecule has 1 atom stereocenters. The Morgan fingerprint density at radius 3 is 2.58 bits per heavy atom. The standard InChI is InChI=1S/C17H28N2/c1-4-14-5-7-16(8-6-14)17(2,3)13-19-12-15-9-10-18-11-15/h5-8,15,18-19H,4,9-13H2,1-3H3. The van der Waals surface area contributed by atoms with Crippen LogP contribution < -0.4 is 10.6 Å². The summed E-state index contributed by atoms with van der Waals surface area (Å²) in [5.41, 5.74) is 3.06. The molecule has 0 amide bonds. The number of hydrogen-bond acceptors (Lipinski definition) is 2. The van der Waals surface area contributed by atoms with Gasteiger partial charge in [0.15, 0.2) is 0 Å². The molecule has 2 N–H and O–H groups in total. The molecule has 0 aliphatic carbocycles. The number of benzene rings is 1. The van der Waals surface area contributed by atoms with Crippen molar-refractivity contribution in [3.05, 3.63) is 35.4 Å². The van der Waals surface area contributed by atoms with E-state index in [2.05, 4.69) is 55.7 Å². The Hall–Kier alpha value is -0.860. The summed E-state index contributed by atoms with van der Waals surface area (Å²) < 4.78 is 0. The second-order valence-electron chi connectivity index (χ2n) is 6.42. The Morgan fingerprint density at radius 1 is 1.26 bits per heavy atom. The third-order valence-corrected chi connectivity index (χ3v) is 4.31. The second kappa shape index (κ2) is 6.53. The van der Waals surface area contributed by atoms with Crippen LogP contribution in [0.5, 0.6) is 0 Å². The maximum absolute atomic E-state index is 3.65. The largest absolute Gasteiger partial charge is 0.316 e. The van der Waals surface area contributed by atoms with Crippen molar-refractivity contribution >= 4 is 0 Å². The van der Waals surface area contributed by atoms with Gasteiger partial charge in [0.2, 0.25) is 0 Å². The summed E-state index contributed by atoms with van der Waals surface area (Å²) in [6.45, 7) is 11.4. The van der Waals surface area contributed by atoms with Crippen LogP contribution in [0.15, 0.2) is 24.3 Å². The van der Waals surface area contributed by atoms with E-state index in [0.29, 0.717) is 0 Å². The van der Waals surface area contributed by atoms with Crippen LogP contribution in [0, 0.1) is 5.92 Å². The number of aryl methyl sites for hydroxylation is 1. The minimum absolute atomic E-state index is 0.207. The van der Waals surface area contributed by atoms with Gasteiger partial charge in [0.05, 0.1) is 0 Å². The van der Waals surface area contributed by atoms with Gasteiger partial charge in [-0.1, -0.05) is 45.0 Å². The van der Waals surface area contributed by atoms with Gasteiger partial charge in [0, 0.05) is 12.0 Å². The van der Waals surface area contributed by atoms with Gasteiger partial charge in [-0.2, -0.15) is 0 Å². The van der Waals surface area contributed by atoms with E-state index in [1.165, 1.54) is 30.6 Å². The maximum atomic E-state index is 3.65. The van der Waals surface area contributed by atoms with Crippen LogP contribution in [0.25, 0.3) is 0 Å². The van der Waals surface area contributed by atoms with Crippen molar-refractivity contribution in [3.63, 3.8) is 0 Å². The first-order chi connectivity index (χ1) is 9.12. The zero-order valence-corrected chi connectivity index (χ0v) is 12.6. The third kappa shape index (κ3) is 4.05. The van der Waals surface area contributed by atoms with Gasteiger partial charge < -0.3 is 10.6 Å². The van der Waals surface area contributed by atoms with E-state index < -0.39 is 0 Å². The van der Waals surface area contributed by atoms with Gasteiger partial charge in [-0.3, -0.25) is 0 Å². The average molecular weight is 260 g/mol. The summed E-state index contributed by atoms with van der Waals surface area (Å²) in [4.78, 5) is 0. The number of hydrogen-bond donors (Lipinski definition) is 2. The van der Waals surface area contributed by atoms with Gasteiger partial charge >= 0.3 is 0 Å². The first kappa shape index (κ1) is 14.5. The van der Waals surface area contributed by atoms with Crippen LogP contribution in [0.3, 0.4) is 0 Å². The molecule has 1 fully saturated rings. The zero-order valence-electron chi connectivity index (χ0n) is 12.6. The Morgan fingerprint density at radius 2 is 2.00 bits per heavy atom. The molecule has 1 aliphatic rings. The Bertz CT molecular complexity index is 375. The van der Waals surface area contributed by atoms with Crippen LogP contribution in [0.4, 0.5) is 0 Å². The lowest BCUT2D eigenvalue weighted by molar-refractivity contribution is 0.431. The molecule has 1 saturated heterocycles. The molecule has 106 valence electrons. The highest BCUT2D eigenvalue weighted by Crippen LogP contribution is 2.23. The first-order valence-electron chi connectivity index (χ1n) is 7.62. The molecule has 0 spiro atoms. The normalized spacial score (nSPS) is 19.8. The van der Waals surface area contributed by atoms with E-state index in [0.717, 1.165) is 25.4 Å². The summed E-state index contributed by atoms with van der Waals surface area (Å²) in [5, 5.41) is 7.08. The minimum atomic E-state index is 0.207. The fourth-order valence-corrected chi connectivity index (χ4v) is 2.77. The Kier molecular flexibility index (Phi) is 5.00. The molecule has 2 rings (SSSR count). The van der Waals surface area contributed by atoms with E-state index in [1.807, 2.05) is 0 Å². The van der Waals surface area contributed by atoms with Crippen molar-refractivity contribution in [3.8, 4) is 0 Å². The number of rotatable bonds is 6. The lowest BCUT2D eigenvalue weighted by Crippen LogP contribution is -2.36. The zero-order chi connectivity index (χ0) is 13.7. The van der Waals surface area contributed by atoms with Gasteiger partial charge in [0.1, 0.15) is 0 Å². The van der Waals surface area contributed by atoms with Crippen molar-refractivity contribution in [1.29, 1.82) is 0 Å². The molecular formula is C17H28N2. The highest BCUT2D eigenvalue weighted by atomic mass is 14.9. The van der Waals surface area contributed by atoms with E-state index in [9.17, 15) is 0 Å². The summed E-state index contributed by atoms with van der Waals surface area (Å²) in [7, 11) is 0. The molecule has 1 aromatic carbocycles. The topological polar surface area (TPSA) is 24.1 Å². The van der Waals surface area contributed by atoms with E-state index >= 15 is 0 Å². The van der Waals surface area contributed by atoms with Crippen LogP contribution in [-0.4, -0.2) is 26.2 Å². The minimum Gasteiger partial charge on any atom is -0.316 e. The molecule has 0 bridgehead atoms. The molecule has 0 radical (unpaired) electrons. The summed E-state index contributed by atoms with van der Waals surface area (Å²) in [5.74, 6) is 0.818.